The van der Waals surface area contributed by atoms with Crippen molar-refractivity contribution in [2.75, 3.05) is 13.1 Å². The molecule has 0 spiro atoms. The second-order valence-electron chi connectivity index (χ2n) is 5.09. The van der Waals surface area contributed by atoms with Gasteiger partial charge < -0.3 is 16.6 Å². The van der Waals surface area contributed by atoms with Crippen LogP contribution in [-0.2, 0) is 11.3 Å². The Morgan fingerprint density at radius 1 is 1.45 bits per heavy atom. The molecule has 0 aromatic heterocycles. The van der Waals surface area contributed by atoms with Gasteiger partial charge in [0.2, 0.25) is 5.91 Å². The Balaban J connectivity index is 2.09. The number of halogens is 1. The predicted octanol–water partition coefficient (Wildman–Crippen LogP) is 0.427. The highest BCUT2D eigenvalue weighted by Crippen LogP contribution is 2.24. The number of carboxylic acids is 1. The lowest BCUT2D eigenvalue weighted by molar-refractivity contribution is -0.142. The van der Waals surface area contributed by atoms with Gasteiger partial charge in [-0.05, 0) is 24.1 Å². The van der Waals surface area contributed by atoms with Gasteiger partial charge >= 0.3 is 5.97 Å². The van der Waals surface area contributed by atoms with E-state index in [0.717, 1.165) is 5.56 Å². The van der Waals surface area contributed by atoms with Crippen molar-refractivity contribution in [2.24, 2.45) is 11.5 Å². The van der Waals surface area contributed by atoms with E-state index in [1.807, 2.05) is 4.90 Å². The SMILES string of the molecule is NC(=O)c1ccc(CN2CCC(N)(C(=O)O)C2)c(Cl)c1. The summed E-state index contributed by atoms with van der Waals surface area (Å²) in [5.74, 6) is -1.53. The third kappa shape index (κ3) is 2.92. The molecule has 1 heterocycles. The van der Waals surface area contributed by atoms with Crippen LogP contribution >= 0.6 is 11.6 Å². The second-order valence-corrected chi connectivity index (χ2v) is 5.50. The summed E-state index contributed by atoms with van der Waals surface area (Å²) in [6, 6.07) is 4.84. The zero-order valence-electron chi connectivity index (χ0n) is 10.8. The summed E-state index contributed by atoms with van der Waals surface area (Å²) >= 11 is 6.10. The van der Waals surface area contributed by atoms with Crippen LogP contribution in [0.5, 0.6) is 0 Å². The minimum Gasteiger partial charge on any atom is -0.480 e. The van der Waals surface area contributed by atoms with Crippen molar-refractivity contribution in [1.82, 2.24) is 4.90 Å². The second kappa shape index (κ2) is 5.40. The molecule has 20 heavy (non-hydrogen) atoms. The summed E-state index contributed by atoms with van der Waals surface area (Å²) in [6.07, 6.45) is 0.402. The maximum Gasteiger partial charge on any atom is 0.325 e. The van der Waals surface area contributed by atoms with Crippen molar-refractivity contribution in [2.45, 2.75) is 18.5 Å². The van der Waals surface area contributed by atoms with Gasteiger partial charge in [-0.25, -0.2) is 0 Å². The molecule has 7 heteroatoms. The summed E-state index contributed by atoms with van der Waals surface area (Å²) in [5.41, 5.74) is 11.0. The van der Waals surface area contributed by atoms with Crippen molar-refractivity contribution in [1.29, 1.82) is 0 Å². The fourth-order valence-corrected chi connectivity index (χ4v) is 2.53. The van der Waals surface area contributed by atoms with Crippen LogP contribution in [0.4, 0.5) is 0 Å². The van der Waals surface area contributed by atoms with Crippen LogP contribution in [0.15, 0.2) is 18.2 Å². The van der Waals surface area contributed by atoms with E-state index in [4.69, 9.17) is 28.2 Å². The number of primary amides is 1. The summed E-state index contributed by atoms with van der Waals surface area (Å²) < 4.78 is 0. The number of amides is 1. The number of carboxylic acid groups (broad SMARTS) is 1. The Hall–Kier alpha value is -1.63. The Morgan fingerprint density at radius 2 is 2.15 bits per heavy atom. The topological polar surface area (TPSA) is 110 Å². The highest BCUT2D eigenvalue weighted by atomic mass is 35.5. The molecule has 0 radical (unpaired) electrons. The smallest absolute Gasteiger partial charge is 0.325 e. The number of nitrogens with two attached hydrogens (primary N) is 2. The molecule has 6 nitrogen and oxygen atoms in total. The number of carbonyl (C=O) groups is 2. The van der Waals surface area contributed by atoms with Crippen LogP contribution in [0, 0.1) is 0 Å². The lowest BCUT2D eigenvalue weighted by atomic mass is 10.0. The number of rotatable bonds is 4. The lowest BCUT2D eigenvalue weighted by Crippen LogP contribution is -2.50. The van der Waals surface area contributed by atoms with E-state index in [1.165, 1.54) is 6.07 Å². The summed E-state index contributed by atoms with van der Waals surface area (Å²) in [6.45, 7) is 1.36. The van der Waals surface area contributed by atoms with Gasteiger partial charge in [-0.1, -0.05) is 17.7 Å². The Morgan fingerprint density at radius 3 is 2.65 bits per heavy atom. The molecule has 1 unspecified atom stereocenters. The van der Waals surface area contributed by atoms with E-state index in [2.05, 4.69) is 0 Å². The van der Waals surface area contributed by atoms with E-state index in [9.17, 15) is 9.59 Å². The molecule has 0 aliphatic carbocycles. The monoisotopic (exact) mass is 297 g/mol. The molecule has 108 valence electrons. The Kier molecular flexibility index (Phi) is 3.99. The third-order valence-electron chi connectivity index (χ3n) is 3.54. The van der Waals surface area contributed by atoms with Crippen LogP contribution in [0.3, 0.4) is 0 Å². The molecular weight excluding hydrogens is 282 g/mol. The highest BCUT2D eigenvalue weighted by molar-refractivity contribution is 6.31. The maximum atomic E-state index is 11.1. The van der Waals surface area contributed by atoms with Gasteiger partial charge in [-0.15, -0.1) is 0 Å². The van der Waals surface area contributed by atoms with E-state index in [1.54, 1.807) is 12.1 Å². The predicted molar refractivity (Wildman–Crippen MR) is 74.4 cm³/mol. The average molecular weight is 298 g/mol. The van der Waals surface area contributed by atoms with Gasteiger partial charge in [0.15, 0.2) is 0 Å². The van der Waals surface area contributed by atoms with E-state index in [0.29, 0.717) is 30.1 Å². The molecule has 1 fully saturated rings. The molecule has 2 rings (SSSR count). The van der Waals surface area contributed by atoms with Crippen LogP contribution < -0.4 is 11.5 Å². The Labute approximate surface area is 121 Å². The average Bonchev–Trinajstić information content (AvgIpc) is 2.75. The summed E-state index contributed by atoms with van der Waals surface area (Å²) in [5, 5.41) is 9.52. The van der Waals surface area contributed by atoms with Gasteiger partial charge in [-0.3, -0.25) is 14.5 Å². The zero-order chi connectivity index (χ0) is 14.9. The maximum absolute atomic E-state index is 11.1. The van der Waals surface area contributed by atoms with Crippen molar-refractivity contribution in [3.05, 3.63) is 34.3 Å². The summed E-state index contributed by atoms with van der Waals surface area (Å²) in [7, 11) is 0. The van der Waals surface area contributed by atoms with Crippen molar-refractivity contribution < 1.29 is 14.7 Å². The standard InChI is InChI=1S/C13H16ClN3O3/c14-10-5-8(11(15)18)1-2-9(10)6-17-4-3-13(16,7-17)12(19)20/h1-2,5H,3-4,6-7,16H2,(H2,15,18)(H,19,20). The first kappa shape index (κ1) is 14.8. The molecule has 0 bridgehead atoms. The Bertz CT molecular complexity index is 564. The quantitative estimate of drug-likeness (QED) is 0.746. The molecule has 1 aliphatic rings. The minimum atomic E-state index is -1.19. The number of carbonyl (C=O) groups excluding carboxylic acids is 1. The van der Waals surface area contributed by atoms with Gasteiger partial charge in [0.25, 0.3) is 0 Å². The van der Waals surface area contributed by atoms with Gasteiger partial charge in [0.05, 0.1) is 0 Å². The van der Waals surface area contributed by atoms with E-state index < -0.39 is 17.4 Å². The normalized spacial score (nSPS) is 22.9. The number of hydrogen-bond donors (Lipinski definition) is 3. The molecule has 0 saturated carbocycles. The molecule has 1 atom stereocenters. The van der Waals surface area contributed by atoms with Crippen LogP contribution in [0.2, 0.25) is 5.02 Å². The van der Waals surface area contributed by atoms with E-state index in [-0.39, 0.29) is 6.54 Å². The fraction of sp³-hybridized carbons (Fsp3) is 0.385. The molecule has 1 aliphatic heterocycles. The van der Waals surface area contributed by atoms with Crippen molar-refractivity contribution in [3.8, 4) is 0 Å². The van der Waals surface area contributed by atoms with Crippen molar-refractivity contribution >= 4 is 23.5 Å². The van der Waals surface area contributed by atoms with Crippen LogP contribution in [0.25, 0.3) is 0 Å². The zero-order valence-corrected chi connectivity index (χ0v) is 11.6. The van der Waals surface area contributed by atoms with Gasteiger partial charge in [0, 0.05) is 30.2 Å². The fourth-order valence-electron chi connectivity index (χ4n) is 2.29. The lowest BCUT2D eigenvalue weighted by Gasteiger charge is -2.20. The third-order valence-corrected chi connectivity index (χ3v) is 3.89. The van der Waals surface area contributed by atoms with Crippen molar-refractivity contribution in [3.63, 3.8) is 0 Å². The number of hydrogen-bond acceptors (Lipinski definition) is 4. The molecular formula is C13H16ClN3O3. The largest absolute Gasteiger partial charge is 0.480 e. The highest BCUT2D eigenvalue weighted by Gasteiger charge is 2.41. The first-order valence-electron chi connectivity index (χ1n) is 6.15. The van der Waals surface area contributed by atoms with E-state index >= 15 is 0 Å². The number of nitrogens with zero attached hydrogens (tertiary/aromatic N) is 1. The molecule has 1 amide bonds. The molecule has 5 N–H and O–H groups in total. The molecule has 1 aromatic rings. The number of benzene rings is 1. The molecule has 1 aromatic carbocycles. The first-order chi connectivity index (χ1) is 9.32. The van der Waals surface area contributed by atoms with Crippen LogP contribution in [0.1, 0.15) is 22.3 Å². The number of likely N-dealkylation sites (tertiary alicyclic amines) is 1. The first-order valence-corrected chi connectivity index (χ1v) is 6.52. The number of aliphatic carboxylic acids is 1. The van der Waals surface area contributed by atoms with Crippen LogP contribution in [-0.4, -0.2) is 40.5 Å². The minimum absolute atomic E-state index is 0.274. The summed E-state index contributed by atoms with van der Waals surface area (Å²) in [4.78, 5) is 24.0. The molecule has 1 saturated heterocycles. The van der Waals surface area contributed by atoms with Gasteiger partial charge in [0.1, 0.15) is 5.54 Å². The van der Waals surface area contributed by atoms with Gasteiger partial charge in [-0.2, -0.15) is 0 Å².